The second kappa shape index (κ2) is 10.2. The second-order valence-corrected chi connectivity index (χ2v) is 7.55. The smallest absolute Gasteiger partial charge is 0.316 e. The summed E-state index contributed by atoms with van der Waals surface area (Å²) in [7, 11) is 1.30. The quantitative estimate of drug-likeness (QED) is 0.646. The van der Waals surface area contributed by atoms with Gasteiger partial charge in [-0.15, -0.1) is 34.4 Å². The molecule has 134 valence electrons. The molecule has 2 aromatic heterocycles. The number of hydrogen-bond acceptors (Lipinski definition) is 9. The summed E-state index contributed by atoms with van der Waals surface area (Å²) in [6.07, 6.45) is 0.0410. The van der Waals surface area contributed by atoms with Gasteiger partial charge in [0.1, 0.15) is 0 Å². The zero-order chi connectivity index (χ0) is 18.1. The van der Waals surface area contributed by atoms with Crippen LogP contribution in [0, 0.1) is 0 Å². The monoisotopic (exact) mass is 400 g/mol. The first-order valence-corrected chi connectivity index (χ1v) is 10.0. The highest BCUT2D eigenvalue weighted by atomic mass is 32.2. The van der Waals surface area contributed by atoms with E-state index in [1.807, 2.05) is 17.5 Å². The number of carbonyl (C=O) groups excluding carboxylic acids is 3. The minimum atomic E-state index is -0.476. The molecule has 0 saturated heterocycles. The predicted molar refractivity (Wildman–Crippen MR) is 97.9 cm³/mol. The van der Waals surface area contributed by atoms with Crippen LogP contribution in [0.2, 0.25) is 0 Å². The standard InChI is InChI=1S/C15H16N2O5S3/c1-21-13(19)5-10-7-25-15(16-10)17-12(18)6-22-14(20)9-23-8-11-3-2-4-24-11/h2-4,7H,5-6,8-9H2,1H3,(H,16,17,18). The van der Waals surface area contributed by atoms with Crippen LogP contribution in [0.25, 0.3) is 0 Å². The zero-order valence-electron chi connectivity index (χ0n) is 13.4. The highest BCUT2D eigenvalue weighted by Crippen LogP contribution is 2.17. The number of methoxy groups -OCH3 is 1. The van der Waals surface area contributed by atoms with Crippen LogP contribution in [-0.4, -0.2) is 42.3 Å². The van der Waals surface area contributed by atoms with Gasteiger partial charge in [0.25, 0.3) is 5.91 Å². The third kappa shape index (κ3) is 7.24. The first-order valence-electron chi connectivity index (χ1n) is 7.13. The van der Waals surface area contributed by atoms with E-state index in [4.69, 9.17) is 4.74 Å². The lowest BCUT2D eigenvalue weighted by atomic mass is 10.3. The molecule has 0 saturated carbocycles. The maximum absolute atomic E-state index is 11.7. The van der Waals surface area contributed by atoms with Crippen molar-refractivity contribution in [1.29, 1.82) is 0 Å². The summed E-state index contributed by atoms with van der Waals surface area (Å²) in [6.45, 7) is -0.371. The number of nitrogens with one attached hydrogen (secondary N) is 1. The Hall–Kier alpha value is -1.91. The van der Waals surface area contributed by atoms with Gasteiger partial charge in [-0.3, -0.25) is 19.7 Å². The maximum atomic E-state index is 11.7. The summed E-state index contributed by atoms with van der Waals surface area (Å²) in [5.41, 5.74) is 0.508. The molecule has 0 aliphatic carbocycles. The molecule has 25 heavy (non-hydrogen) atoms. The van der Waals surface area contributed by atoms with Crippen molar-refractivity contribution < 1.29 is 23.9 Å². The van der Waals surface area contributed by atoms with Crippen LogP contribution in [-0.2, 0) is 36.0 Å². The van der Waals surface area contributed by atoms with Crippen LogP contribution in [0.5, 0.6) is 0 Å². The number of amides is 1. The topological polar surface area (TPSA) is 94.6 Å². The molecule has 1 N–H and O–H groups in total. The largest absolute Gasteiger partial charge is 0.469 e. The van der Waals surface area contributed by atoms with Gasteiger partial charge in [-0.2, -0.15) is 0 Å². The number of ether oxygens (including phenoxy) is 2. The predicted octanol–water partition coefficient (Wildman–Crippen LogP) is 2.34. The Labute approximate surface area is 156 Å². The zero-order valence-corrected chi connectivity index (χ0v) is 15.8. The summed E-state index contributed by atoms with van der Waals surface area (Å²) in [6, 6.07) is 3.96. The number of rotatable bonds is 9. The molecule has 0 unspecified atom stereocenters. The van der Waals surface area contributed by atoms with E-state index in [0.717, 1.165) is 5.75 Å². The molecule has 1 amide bonds. The lowest BCUT2D eigenvalue weighted by Crippen LogP contribution is -2.21. The van der Waals surface area contributed by atoms with Gasteiger partial charge in [-0.1, -0.05) is 6.07 Å². The van der Waals surface area contributed by atoms with Crippen molar-refractivity contribution >= 4 is 57.4 Å². The molecule has 7 nitrogen and oxygen atoms in total. The Morgan fingerprint density at radius 3 is 2.84 bits per heavy atom. The first-order chi connectivity index (χ1) is 12.1. The summed E-state index contributed by atoms with van der Waals surface area (Å²) >= 11 is 4.25. The third-order valence-electron chi connectivity index (χ3n) is 2.76. The summed E-state index contributed by atoms with van der Waals surface area (Å²) < 4.78 is 9.46. The van der Waals surface area contributed by atoms with E-state index >= 15 is 0 Å². The molecule has 0 aliphatic heterocycles. The Balaban J connectivity index is 1.64. The van der Waals surface area contributed by atoms with Crippen LogP contribution in [0.1, 0.15) is 10.6 Å². The number of thioether (sulfide) groups is 1. The van der Waals surface area contributed by atoms with E-state index in [-0.39, 0.29) is 18.8 Å². The molecular weight excluding hydrogens is 384 g/mol. The van der Waals surface area contributed by atoms with Crippen LogP contribution in [0.4, 0.5) is 5.13 Å². The van der Waals surface area contributed by atoms with Gasteiger partial charge in [0.05, 0.1) is 25.0 Å². The first kappa shape index (κ1) is 19.4. The molecule has 0 fully saturated rings. The van der Waals surface area contributed by atoms with E-state index < -0.39 is 17.8 Å². The van der Waals surface area contributed by atoms with Crippen molar-refractivity contribution in [2.45, 2.75) is 12.2 Å². The minimum absolute atomic E-state index is 0.0410. The summed E-state index contributed by atoms with van der Waals surface area (Å²) in [4.78, 5) is 39.8. The molecule has 2 rings (SSSR count). The lowest BCUT2D eigenvalue weighted by Gasteiger charge is -2.04. The van der Waals surface area contributed by atoms with Crippen LogP contribution >= 0.6 is 34.4 Å². The minimum Gasteiger partial charge on any atom is -0.469 e. The SMILES string of the molecule is COC(=O)Cc1csc(NC(=O)COC(=O)CSCc2cccs2)n1. The van der Waals surface area contributed by atoms with E-state index in [0.29, 0.717) is 10.8 Å². The molecule has 0 atom stereocenters. The number of thiazole rings is 1. The normalized spacial score (nSPS) is 10.3. The lowest BCUT2D eigenvalue weighted by molar-refractivity contribution is -0.144. The van der Waals surface area contributed by atoms with Gasteiger partial charge in [-0.05, 0) is 11.4 Å². The fraction of sp³-hybridized carbons (Fsp3) is 0.333. The van der Waals surface area contributed by atoms with E-state index in [1.54, 1.807) is 16.7 Å². The summed E-state index contributed by atoms with van der Waals surface area (Å²) in [5.74, 6) is -0.401. The number of hydrogen-bond donors (Lipinski definition) is 1. The highest BCUT2D eigenvalue weighted by Gasteiger charge is 2.12. The van der Waals surface area contributed by atoms with Crippen molar-refractivity contribution in [3.63, 3.8) is 0 Å². The van der Waals surface area contributed by atoms with Gasteiger partial charge in [0, 0.05) is 16.0 Å². The fourth-order valence-electron chi connectivity index (χ4n) is 1.64. The van der Waals surface area contributed by atoms with Gasteiger partial charge >= 0.3 is 11.9 Å². The molecule has 0 spiro atoms. The van der Waals surface area contributed by atoms with Crippen LogP contribution in [0.15, 0.2) is 22.9 Å². The number of nitrogens with zero attached hydrogens (tertiary/aromatic N) is 1. The Bertz CT molecular complexity index is 715. The van der Waals surface area contributed by atoms with Crippen molar-refractivity contribution in [1.82, 2.24) is 4.98 Å². The van der Waals surface area contributed by atoms with Crippen molar-refractivity contribution in [2.75, 3.05) is 24.8 Å². The van der Waals surface area contributed by atoms with Crippen molar-refractivity contribution in [3.8, 4) is 0 Å². The number of esters is 2. The third-order valence-corrected chi connectivity index (χ3v) is 5.58. The van der Waals surface area contributed by atoms with Gasteiger partial charge in [-0.25, -0.2) is 4.98 Å². The van der Waals surface area contributed by atoms with Crippen LogP contribution in [0.3, 0.4) is 0 Å². The van der Waals surface area contributed by atoms with E-state index in [2.05, 4.69) is 15.0 Å². The van der Waals surface area contributed by atoms with E-state index in [1.165, 1.54) is 35.1 Å². The molecule has 0 radical (unpaired) electrons. The Morgan fingerprint density at radius 1 is 1.28 bits per heavy atom. The second-order valence-electron chi connectivity index (χ2n) is 4.68. The average Bonchev–Trinajstić information content (AvgIpc) is 3.25. The molecule has 2 aromatic rings. The van der Waals surface area contributed by atoms with Crippen molar-refractivity contribution in [2.24, 2.45) is 0 Å². The van der Waals surface area contributed by atoms with Gasteiger partial charge < -0.3 is 9.47 Å². The molecule has 0 aliphatic rings. The Kier molecular flexibility index (Phi) is 7.89. The number of carbonyl (C=O) groups is 3. The number of thiophene rings is 1. The van der Waals surface area contributed by atoms with Crippen LogP contribution < -0.4 is 5.32 Å². The number of aromatic nitrogens is 1. The molecule has 2 heterocycles. The number of anilines is 1. The fourth-order valence-corrected chi connectivity index (χ4v) is 4.03. The van der Waals surface area contributed by atoms with Crippen molar-refractivity contribution in [3.05, 3.63) is 33.5 Å². The average molecular weight is 401 g/mol. The van der Waals surface area contributed by atoms with E-state index in [9.17, 15) is 14.4 Å². The molecule has 10 heteroatoms. The molecule has 0 bridgehead atoms. The maximum Gasteiger partial charge on any atom is 0.316 e. The molecule has 0 aromatic carbocycles. The summed E-state index contributed by atoms with van der Waals surface area (Å²) in [5, 5.41) is 6.49. The highest BCUT2D eigenvalue weighted by molar-refractivity contribution is 7.99. The van der Waals surface area contributed by atoms with Gasteiger partial charge in [0.2, 0.25) is 0 Å². The molecular formula is C15H16N2O5S3. The van der Waals surface area contributed by atoms with Gasteiger partial charge in [0.15, 0.2) is 11.7 Å². The Morgan fingerprint density at radius 2 is 2.12 bits per heavy atom.